The number of halogens is 1. The number of para-hydroxylation sites is 1. The van der Waals surface area contributed by atoms with Crippen LogP contribution in [-0.4, -0.2) is 11.0 Å². The number of fused-ring (bicyclic) bond motifs is 1. The van der Waals surface area contributed by atoms with E-state index in [-0.39, 0.29) is 22.6 Å². The highest BCUT2D eigenvalue weighted by Crippen LogP contribution is 2.29. The van der Waals surface area contributed by atoms with Gasteiger partial charge in [-0.25, -0.2) is 4.39 Å². The van der Waals surface area contributed by atoms with E-state index in [1.54, 1.807) is 24.3 Å². The van der Waals surface area contributed by atoms with Gasteiger partial charge in [-0.1, -0.05) is 12.1 Å². The van der Waals surface area contributed by atoms with Crippen molar-refractivity contribution in [1.29, 1.82) is 0 Å². The lowest BCUT2D eigenvalue weighted by Gasteiger charge is -2.07. The number of hydrogen-bond acceptors (Lipinski definition) is 5. The molecule has 3 rings (SSSR count). The molecular formula is C16H10FNO4. The van der Waals surface area contributed by atoms with Crippen LogP contribution in [0.1, 0.15) is 6.92 Å². The average Bonchev–Trinajstić information content (AvgIpc) is 2.48. The SMILES string of the molecule is CC(=O)Oc1ccccc1-c1nc(=O)c2cc(F)ccc2o1. The Kier molecular flexibility index (Phi) is 3.42. The van der Waals surface area contributed by atoms with Crippen molar-refractivity contribution in [2.24, 2.45) is 0 Å². The molecule has 0 amide bonds. The molecule has 0 radical (unpaired) electrons. The molecule has 1 aromatic heterocycles. The lowest BCUT2D eigenvalue weighted by molar-refractivity contribution is -0.131. The van der Waals surface area contributed by atoms with Crippen molar-refractivity contribution < 1.29 is 18.3 Å². The lowest BCUT2D eigenvalue weighted by atomic mass is 10.2. The Labute approximate surface area is 124 Å². The standard InChI is InChI=1S/C16H10FNO4/c1-9(19)21-13-5-3-2-4-11(13)16-18-15(20)12-8-10(17)6-7-14(12)22-16/h2-8H,1H3. The fourth-order valence-corrected chi connectivity index (χ4v) is 2.04. The lowest BCUT2D eigenvalue weighted by Crippen LogP contribution is -2.09. The van der Waals surface area contributed by atoms with Crippen LogP contribution in [0.3, 0.4) is 0 Å². The van der Waals surface area contributed by atoms with E-state index in [1.807, 2.05) is 0 Å². The molecule has 3 aromatic rings. The number of esters is 1. The first kappa shape index (κ1) is 13.9. The molecule has 0 aliphatic rings. The Balaban J connectivity index is 2.21. The minimum atomic E-state index is -0.617. The summed E-state index contributed by atoms with van der Waals surface area (Å²) in [7, 11) is 0. The zero-order chi connectivity index (χ0) is 15.7. The molecule has 0 unspecified atom stereocenters. The smallest absolute Gasteiger partial charge is 0.308 e. The Morgan fingerprint density at radius 1 is 1.23 bits per heavy atom. The first-order valence-electron chi connectivity index (χ1n) is 6.43. The second kappa shape index (κ2) is 5.40. The minimum Gasteiger partial charge on any atom is -0.437 e. The third kappa shape index (κ3) is 2.58. The highest BCUT2D eigenvalue weighted by Gasteiger charge is 2.14. The molecule has 6 heteroatoms. The summed E-state index contributed by atoms with van der Waals surface area (Å²) in [5.74, 6) is -0.819. The molecule has 2 aromatic carbocycles. The van der Waals surface area contributed by atoms with Gasteiger partial charge >= 0.3 is 5.97 Å². The van der Waals surface area contributed by atoms with Crippen molar-refractivity contribution in [2.45, 2.75) is 6.92 Å². The molecule has 0 atom stereocenters. The number of hydrogen-bond donors (Lipinski definition) is 0. The number of ether oxygens (including phenoxy) is 1. The summed E-state index contributed by atoms with van der Waals surface area (Å²) in [6.45, 7) is 1.27. The van der Waals surface area contributed by atoms with Crippen LogP contribution in [0.25, 0.3) is 22.4 Å². The summed E-state index contributed by atoms with van der Waals surface area (Å²) in [4.78, 5) is 27.0. The third-order valence-corrected chi connectivity index (χ3v) is 2.95. The maximum absolute atomic E-state index is 13.2. The molecule has 110 valence electrons. The summed E-state index contributed by atoms with van der Waals surface area (Å²) in [5, 5.41) is 0.0497. The maximum atomic E-state index is 13.2. The van der Waals surface area contributed by atoms with Crippen LogP contribution in [0.5, 0.6) is 5.75 Å². The van der Waals surface area contributed by atoms with Crippen LogP contribution in [0.4, 0.5) is 4.39 Å². The molecule has 22 heavy (non-hydrogen) atoms. The topological polar surface area (TPSA) is 69.4 Å². The molecule has 1 heterocycles. The van der Waals surface area contributed by atoms with E-state index in [0.29, 0.717) is 5.56 Å². The van der Waals surface area contributed by atoms with E-state index in [2.05, 4.69) is 4.98 Å². The summed E-state index contributed by atoms with van der Waals surface area (Å²) >= 11 is 0. The number of benzene rings is 2. The van der Waals surface area contributed by atoms with Gasteiger partial charge in [0, 0.05) is 6.92 Å². The summed E-state index contributed by atoms with van der Waals surface area (Å²) in [5.41, 5.74) is -0.0524. The van der Waals surface area contributed by atoms with Crippen molar-refractivity contribution in [3.63, 3.8) is 0 Å². The normalized spacial score (nSPS) is 10.6. The highest BCUT2D eigenvalue weighted by molar-refractivity contribution is 5.78. The van der Waals surface area contributed by atoms with Gasteiger partial charge in [0.2, 0.25) is 5.89 Å². The van der Waals surface area contributed by atoms with Gasteiger partial charge in [0.05, 0.1) is 10.9 Å². The average molecular weight is 299 g/mol. The van der Waals surface area contributed by atoms with E-state index < -0.39 is 17.3 Å². The van der Waals surface area contributed by atoms with Crippen molar-refractivity contribution in [2.75, 3.05) is 0 Å². The molecule has 5 nitrogen and oxygen atoms in total. The van der Waals surface area contributed by atoms with Crippen LogP contribution >= 0.6 is 0 Å². The van der Waals surface area contributed by atoms with E-state index >= 15 is 0 Å². The van der Waals surface area contributed by atoms with Gasteiger partial charge in [-0.05, 0) is 30.3 Å². The fourth-order valence-electron chi connectivity index (χ4n) is 2.04. The monoisotopic (exact) mass is 299 g/mol. The Morgan fingerprint density at radius 3 is 2.77 bits per heavy atom. The van der Waals surface area contributed by atoms with Crippen LogP contribution in [0.2, 0.25) is 0 Å². The van der Waals surface area contributed by atoms with Gasteiger partial charge in [0.15, 0.2) is 0 Å². The fraction of sp³-hybridized carbons (Fsp3) is 0.0625. The summed E-state index contributed by atoms with van der Waals surface area (Å²) in [6.07, 6.45) is 0. The number of rotatable bonds is 2. The Morgan fingerprint density at radius 2 is 2.00 bits per heavy atom. The molecule has 0 spiro atoms. The van der Waals surface area contributed by atoms with Crippen LogP contribution in [-0.2, 0) is 4.79 Å². The molecule has 0 aliphatic heterocycles. The number of aromatic nitrogens is 1. The largest absolute Gasteiger partial charge is 0.437 e. The molecule has 0 saturated heterocycles. The quantitative estimate of drug-likeness (QED) is 0.537. The second-order valence-electron chi connectivity index (χ2n) is 4.55. The molecule has 0 bridgehead atoms. The van der Waals surface area contributed by atoms with Gasteiger partial charge in [-0.15, -0.1) is 0 Å². The van der Waals surface area contributed by atoms with E-state index in [1.165, 1.54) is 19.1 Å². The molecule has 0 saturated carbocycles. The van der Waals surface area contributed by atoms with E-state index in [0.717, 1.165) is 6.07 Å². The number of carbonyl (C=O) groups excluding carboxylic acids is 1. The Bertz CT molecular complexity index is 933. The molecule has 0 N–H and O–H groups in total. The van der Waals surface area contributed by atoms with E-state index in [4.69, 9.17) is 9.15 Å². The molecule has 0 fully saturated rings. The van der Waals surface area contributed by atoms with Crippen LogP contribution in [0, 0.1) is 5.82 Å². The van der Waals surface area contributed by atoms with E-state index in [9.17, 15) is 14.0 Å². The number of carbonyl (C=O) groups is 1. The summed E-state index contributed by atoms with van der Waals surface area (Å²) in [6, 6.07) is 10.1. The summed E-state index contributed by atoms with van der Waals surface area (Å²) < 4.78 is 23.8. The van der Waals surface area contributed by atoms with Crippen LogP contribution < -0.4 is 10.3 Å². The predicted octanol–water partition coefficient (Wildman–Crippen LogP) is 2.92. The molecular weight excluding hydrogens is 289 g/mol. The first-order chi connectivity index (χ1) is 10.5. The third-order valence-electron chi connectivity index (χ3n) is 2.95. The van der Waals surface area contributed by atoms with Crippen molar-refractivity contribution in [3.05, 3.63) is 58.6 Å². The predicted molar refractivity (Wildman–Crippen MR) is 77.0 cm³/mol. The Hall–Kier alpha value is -3.02. The number of nitrogens with zero attached hydrogens (tertiary/aromatic N) is 1. The van der Waals surface area contributed by atoms with Crippen molar-refractivity contribution >= 4 is 16.9 Å². The minimum absolute atomic E-state index is 0.000887. The zero-order valence-electron chi connectivity index (χ0n) is 11.5. The van der Waals surface area contributed by atoms with Gasteiger partial charge in [-0.3, -0.25) is 9.59 Å². The second-order valence-corrected chi connectivity index (χ2v) is 4.55. The maximum Gasteiger partial charge on any atom is 0.308 e. The van der Waals surface area contributed by atoms with Gasteiger partial charge < -0.3 is 9.15 Å². The molecule has 0 aliphatic carbocycles. The van der Waals surface area contributed by atoms with Crippen LogP contribution in [0.15, 0.2) is 51.7 Å². The highest BCUT2D eigenvalue weighted by atomic mass is 19.1. The van der Waals surface area contributed by atoms with Crippen molar-refractivity contribution in [3.8, 4) is 17.2 Å². The van der Waals surface area contributed by atoms with Gasteiger partial charge in [0.1, 0.15) is 17.1 Å². The van der Waals surface area contributed by atoms with Crippen molar-refractivity contribution in [1.82, 2.24) is 4.98 Å². The first-order valence-corrected chi connectivity index (χ1v) is 6.43. The van der Waals surface area contributed by atoms with Gasteiger partial charge in [0.25, 0.3) is 5.56 Å². The van der Waals surface area contributed by atoms with Gasteiger partial charge in [-0.2, -0.15) is 4.98 Å². The zero-order valence-corrected chi connectivity index (χ0v) is 11.5.